The Kier molecular flexibility index (Phi) is 7.88. The van der Waals surface area contributed by atoms with Crippen LogP contribution in [0.1, 0.15) is 35.4 Å². The molecule has 2 heterocycles. The maximum atomic E-state index is 13.7. The second kappa shape index (κ2) is 11.0. The molecular weight excluding hydrogens is 525 g/mol. The maximum Gasteiger partial charge on any atom is 0.417 e. The molecule has 9 heteroatoms. The average molecular weight is 559 g/mol. The Morgan fingerprint density at radius 1 is 0.923 bits per heavy atom. The van der Waals surface area contributed by atoms with E-state index < -0.39 is 26.7 Å². The summed E-state index contributed by atoms with van der Waals surface area (Å²) in [4.78, 5) is 1.58. The van der Waals surface area contributed by atoms with Gasteiger partial charge >= 0.3 is 6.18 Å². The van der Waals surface area contributed by atoms with Gasteiger partial charge in [-0.2, -0.15) is 17.5 Å². The zero-order valence-corrected chi connectivity index (χ0v) is 22.9. The molecule has 0 radical (unpaired) electrons. The van der Waals surface area contributed by atoms with E-state index in [0.717, 1.165) is 41.8 Å². The summed E-state index contributed by atoms with van der Waals surface area (Å²) in [6.45, 7) is 3.65. The molecule has 0 bridgehead atoms. The van der Waals surface area contributed by atoms with Crippen LogP contribution in [0.25, 0.3) is 11.1 Å². The fourth-order valence-electron chi connectivity index (χ4n) is 6.07. The van der Waals surface area contributed by atoms with E-state index in [-0.39, 0.29) is 31.1 Å². The van der Waals surface area contributed by atoms with Crippen molar-refractivity contribution in [3.05, 3.63) is 89.5 Å². The summed E-state index contributed by atoms with van der Waals surface area (Å²) in [5.74, 6) is -0.00910. The van der Waals surface area contributed by atoms with Crippen molar-refractivity contribution in [1.29, 1.82) is 0 Å². The van der Waals surface area contributed by atoms with Crippen LogP contribution >= 0.6 is 0 Å². The molecule has 2 fully saturated rings. The lowest BCUT2D eigenvalue weighted by atomic mass is 9.74. The van der Waals surface area contributed by atoms with Crippen LogP contribution < -0.4 is 0 Å². The van der Waals surface area contributed by atoms with Crippen LogP contribution in [0, 0.1) is 6.92 Å². The molecule has 208 valence electrons. The smallest absolute Gasteiger partial charge is 0.383 e. The Balaban J connectivity index is 1.46. The van der Waals surface area contributed by atoms with Crippen LogP contribution in [-0.2, 0) is 20.9 Å². The van der Waals surface area contributed by atoms with E-state index in [1.807, 2.05) is 6.07 Å². The molecule has 0 spiro atoms. The average Bonchev–Trinajstić information content (AvgIpc) is 2.89. The van der Waals surface area contributed by atoms with Gasteiger partial charge in [0.15, 0.2) is 0 Å². The van der Waals surface area contributed by atoms with Gasteiger partial charge in [0.05, 0.1) is 17.1 Å². The third-order valence-corrected chi connectivity index (χ3v) is 9.86. The minimum Gasteiger partial charge on any atom is -0.383 e. The van der Waals surface area contributed by atoms with Crippen molar-refractivity contribution in [2.75, 3.05) is 33.4 Å². The van der Waals surface area contributed by atoms with Gasteiger partial charge in [-0.25, -0.2) is 8.42 Å². The summed E-state index contributed by atoms with van der Waals surface area (Å²) >= 11 is 0. The first kappa shape index (κ1) is 27.8. The van der Waals surface area contributed by atoms with Gasteiger partial charge in [0, 0.05) is 38.2 Å². The topological polar surface area (TPSA) is 49.9 Å². The predicted molar refractivity (Wildman–Crippen MR) is 145 cm³/mol. The number of benzene rings is 3. The molecule has 2 aliphatic rings. The van der Waals surface area contributed by atoms with E-state index in [2.05, 4.69) is 54.3 Å². The highest BCUT2D eigenvalue weighted by Crippen LogP contribution is 2.44. The van der Waals surface area contributed by atoms with E-state index in [0.29, 0.717) is 13.0 Å². The normalized spacial score (nSPS) is 22.9. The third-order valence-electron chi connectivity index (χ3n) is 7.94. The van der Waals surface area contributed by atoms with Gasteiger partial charge < -0.3 is 4.74 Å². The molecule has 39 heavy (non-hydrogen) atoms. The molecular formula is C30H33F3N2O3S. The molecule has 3 aromatic carbocycles. The second-order valence-corrected chi connectivity index (χ2v) is 12.3. The molecule has 0 aliphatic carbocycles. The van der Waals surface area contributed by atoms with Gasteiger partial charge in [-0.3, -0.25) is 4.90 Å². The standard InChI is InChI=1S/C30H33F3N2O3S/c1-21-8-7-9-24(18-21)22-12-14-23(15-13-22)29-26-19-34(16-5-6-17-35(26)27(29)20-38-2)39(36,37)28-11-4-3-10-25(28)30(31,32)33/h3-4,7-15,18,26-27,29H,5-6,16-17,19-20H2,1-2H3/t26?,27-,29+/m1/s1. The van der Waals surface area contributed by atoms with Gasteiger partial charge in [-0.15, -0.1) is 0 Å². The van der Waals surface area contributed by atoms with E-state index in [9.17, 15) is 21.6 Å². The Morgan fingerprint density at radius 2 is 1.64 bits per heavy atom. The van der Waals surface area contributed by atoms with Crippen LogP contribution in [-0.4, -0.2) is 63.1 Å². The van der Waals surface area contributed by atoms with Crippen molar-refractivity contribution in [1.82, 2.24) is 9.21 Å². The first-order chi connectivity index (χ1) is 18.6. The summed E-state index contributed by atoms with van der Waals surface area (Å²) in [5.41, 5.74) is 3.33. The first-order valence-electron chi connectivity index (χ1n) is 13.2. The van der Waals surface area contributed by atoms with Crippen LogP contribution in [0.2, 0.25) is 0 Å². The fourth-order valence-corrected chi connectivity index (χ4v) is 7.77. The molecule has 3 atom stereocenters. The van der Waals surface area contributed by atoms with Crippen LogP contribution in [0.4, 0.5) is 13.2 Å². The lowest BCUT2D eigenvalue weighted by Gasteiger charge is -2.57. The number of rotatable bonds is 6. The van der Waals surface area contributed by atoms with Crippen molar-refractivity contribution in [2.45, 2.75) is 48.8 Å². The number of nitrogens with zero attached hydrogens (tertiary/aromatic N) is 2. The van der Waals surface area contributed by atoms with E-state index in [1.165, 1.54) is 22.0 Å². The highest BCUT2D eigenvalue weighted by Gasteiger charge is 2.51. The lowest BCUT2D eigenvalue weighted by Crippen LogP contribution is -2.68. The number of hydrogen-bond donors (Lipinski definition) is 0. The first-order valence-corrected chi connectivity index (χ1v) is 14.6. The van der Waals surface area contributed by atoms with Crippen molar-refractivity contribution in [3.63, 3.8) is 0 Å². The van der Waals surface area contributed by atoms with E-state index >= 15 is 0 Å². The van der Waals surface area contributed by atoms with E-state index in [4.69, 9.17) is 4.74 Å². The Bertz CT molecular complexity index is 1410. The summed E-state index contributed by atoms with van der Waals surface area (Å²) in [6.07, 6.45) is -3.44. The molecule has 0 saturated carbocycles. The van der Waals surface area contributed by atoms with Crippen LogP contribution in [0.3, 0.4) is 0 Å². The zero-order chi connectivity index (χ0) is 27.8. The molecule has 0 amide bonds. The Labute approximate surface area is 228 Å². The molecule has 1 unspecified atom stereocenters. The SMILES string of the molecule is COC[C@@H]1[C@@H](c2ccc(-c3cccc(C)c3)cc2)C2CN(S(=O)(=O)c3ccccc3C(F)(F)F)CCCCN21. The summed E-state index contributed by atoms with van der Waals surface area (Å²) in [5, 5.41) is 0. The molecule has 2 aliphatic heterocycles. The largest absolute Gasteiger partial charge is 0.417 e. The number of sulfonamides is 1. The van der Waals surface area contributed by atoms with Gasteiger partial charge in [0.2, 0.25) is 10.0 Å². The van der Waals surface area contributed by atoms with Crippen molar-refractivity contribution >= 4 is 10.0 Å². The maximum absolute atomic E-state index is 13.7. The number of fused-ring (bicyclic) bond motifs is 1. The Morgan fingerprint density at radius 3 is 2.33 bits per heavy atom. The summed E-state index contributed by atoms with van der Waals surface area (Å²) in [6, 6.07) is 20.9. The van der Waals surface area contributed by atoms with Crippen LogP contribution in [0.15, 0.2) is 77.7 Å². The van der Waals surface area contributed by atoms with Crippen LogP contribution in [0.5, 0.6) is 0 Å². The second-order valence-electron chi connectivity index (χ2n) is 10.4. The summed E-state index contributed by atoms with van der Waals surface area (Å²) < 4.78 is 75.3. The van der Waals surface area contributed by atoms with Crippen molar-refractivity contribution < 1.29 is 26.3 Å². The fraction of sp³-hybridized carbons (Fsp3) is 0.400. The molecule has 5 rings (SSSR count). The van der Waals surface area contributed by atoms with Gasteiger partial charge in [-0.1, -0.05) is 66.2 Å². The number of hydrogen-bond acceptors (Lipinski definition) is 4. The number of alkyl halides is 3. The molecule has 3 aromatic rings. The lowest BCUT2D eigenvalue weighted by molar-refractivity contribution is -0.139. The Hall–Kier alpha value is -2.72. The minimum absolute atomic E-state index is 0.00910. The predicted octanol–water partition coefficient (Wildman–Crippen LogP) is 5.95. The van der Waals surface area contributed by atoms with Gasteiger partial charge in [0.1, 0.15) is 0 Å². The monoisotopic (exact) mass is 558 g/mol. The summed E-state index contributed by atoms with van der Waals surface area (Å²) in [7, 11) is -2.71. The van der Waals surface area contributed by atoms with Gasteiger partial charge in [-0.05, 0) is 55.1 Å². The number of methoxy groups -OCH3 is 1. The highest BCUT2D eigenvalue weighted by atomic mass is 32.2. The minimum atomic E-state index is -4.76. The number of aryl methyl sites for hydroxylation is 1. The number of ether oxygens (including phenoxy) is 1. The third kappa shape index (κ3) is 5.50. The van der Waals surface area contributed by atoms with Crippen molar-refractivity contribution in [3.8, 4) is 11.1 Å². The van der Waals surface area contributed by atoms with E-state index in [1.54, 1.807) is 7.11 Å². The van der Waals surface area contributed by atoms with Gasteiger partial charge in [0.25, 0.3) is 0 Å². The molecule has 5 nitrogen and oxygen atoms in total. The number of halogens is 3. The van der Waals surface area contributed by atoms with Crippen molar-refractivity contribution in [2.24, 2.45) is 0 Å². The zero-order valence-electron chi connectivity index (χ0n) is 22.1. The molecule has 0 aromatic heterocycles. The molecule has 0 N–H and O–H groups in total. The quantitative estimate of drug-likeness (QED) is 0.375. The molecule has 2 saturated heterocycles. The highest BCUT2D eigenvalue weighted by molar-refractivity contribution is 7.89.